The fraction of sp³-hybridized carbons (Fsp3) is 0.471. The van der Waals surface area contributed by atoms with E-state index >= 15 is 0 Å². The summed E-state index contributed by atoms with van der Waals surface area (Å²) in [4.78, 5) is 32.3. The number of likely N-dealkylation sites (N-methyl/N-ethyl adjacent to an activating group) is 1. The molecule has 0 aliphatic carbocycles. The second-order valence-electron chi connectivity index (χ2n) is 6.52. The van der Waals surface area contributed by atoms with Crippen LogP contribution in [0, 0.1) is 6.92 Å². The Kier molecular flexibility index (Phi) is 4.89. The van der Waals surface area contributed by atoms with Gasteiger partial charge in [-0.3, -0.25) is 9.78 Å². The molecule has 0 saturated carbocycles. The van der Waals surface area contributed by atoms with Crippen LogP contribution in [0.5, 0.6) is 0 Å². The van der Waals surface area contributed by atoms with Gasteiger partial charge < -0.3 is 14.9 Å². The second-order valence-corrected chi connectivity index (χ2v) is 6.52. The normalized spacial score (nSPS) is 20.4. The van der Waals surface area contributed by atoms with E-state index in [2.05, 4.69) is 19.9 Å². The third kappa shape index (κ3) is 4.08. The van der Waals surface area contributed by atoms with Gasteiger partial charge in [0, 0.05) is 44.3 Å². The average molecular weight is 342 g/mol. The van der Waals surface area contributed by atoms with Crippen LogP contribution >= 0.6 is 0 Å². The highest BCUT2D eigenvalue weighted by Gasteiger charge is 2.36. The van der Waals surface area contributed by atoms with Crippen LogP contribution in [0.1, 0.15) is 29.0 Å². The lowest BCUT2D eigenvalue weighted by molar-refractivity contribution is -0.000298. The number of nitrogens with zero attached hydrogens (tertiary/aromatic N) is 6. The zero-order chi connectivity index (χ0) is 17.9. The van der Waals surface area contributed by atoms with E-state index in [1.54, 1.807) is 7.05 Å². The van der Waals surface area contributed by atoms with Gasteiger partial charge in [-0.05, 0) is 19.8 Å². The summed E-state index contributed by atoms with van der Waals surface area (Å²) in [5, 5.41) is 11.0. The van der Waals surface area contributed by atoms with Gasteiger partial charge >= 0.3 is 0 Å². The van der Waals surface area contributed by atoms with Crippen molar-refractivity contribution >= 4 is 11.7 Å². The van der Waals surface area contributed by atoms with Crippen LogP contribution in [0.3, 0.4) is 0 Å². The molecule has 0 spiro atoms. The third-order valence-corrected chi connectivity index (χ3v) is 4.33. The van der Waals surface area contributed by atoms with E-state index < -0.39 is 5.60 Å². The van der Waals surface area contributed by atoms with E-state index in [1.807, 2.05) is 17.9 Å². The molecular weight excluding hydrogens is 320 g/mol. The van der Waals surface area contributed by atoms with E-state index in [0.29, 0.717) is 13.0 Å². The molecular formula is C17H22N6O2. The molecule has 132 valence electrons. The number of aliphatic hydroxyl groups is 1. The van der Waals surface area contributed by atoms with Gasteiger partial charge in [-0.15, -0.1) is 0 Å². The van der Waals surface area contributed by atoms with Gasteiger partial charge in [-0.25, -0.2) is 15.0 Å². The third-order valence-electron chi connectivity index (χ3n) is 4.33. The summed E-state index contributed by atoms with van der Waals surface area (Å²) in [6.07, 6.45) is 7.42. The maximum Gasteiger partial charge on any atom is 0.273 e. The van der Waals surface area contributed by atoms with E-state index in [-0.39, 0.29) is 18.1 Å². The Labute approximate surface area is 146 Å². The van der Waals surface area contributed by atoms with E-state index in [0.717, 1.165) is 24.5 Å². The van der Waals surface area contributed by atoms with Crippen molar-refractivity contribution in [1.82, 2.24) is 24.8 Å². The van der Waals surface area contributed by atoms with Crippen molar-refractivity contribution in [3.63, 3.8) is 0 Å². The molecule has 2 aromatic rings. The van der Waals surface area contributed by atoms with Gasteiger partial charge in [0.1, 0.15) is 17.8 Å². The fourth-order valence-electron chi connectivity index (χ4n) is 3.17. The number of aryl methyl sites for hydroxylation is 1. The summed E-state index contributed by atoms with van der Waals surface area (Å²) in [5.74, 6) is 0.546. The summed E-state index contributed by atoms with van der Waals surface area (Å²) < 4.78 is 0. The standard InChI is InChI=1S/C17H22N6O2/c1-13-8-15(21-12-20-13)23-7-3-4-17(25,11-23)10-22(2)16(24)14-9-18-5-6-19-14/h5-6,8-9,12,25H,3-4,7,10-11H2,1-2H3/t17-/m1/s1. The minimum Gasteiger partial charge on any atom is -0.386 e. The number of piperidine rings is 1. The SMILES string of the molecule is Cc1cc(N2CCC[C@@](O)(CN(C)C(=O)c3cnccn3)C2)ncn1. The van der Waals surface area contributed by atoms with Crippen LogP contribution in [-0.2, 0) is 0 Å². The molecule has 0 unspecified atom stereocenters. The molecule has 0 aromatic carbocycles. The first-order chi connectivity index (χ1) is 12.0. The van der Waals surface area contributed by atoms with Gasteiger partial charge in [0.15, 0.2) is 0 Å². The Balaban J connectivity index is 1.69. The molecule has 3 heterocycles. The lowest BCUT2D eigenvalue weighted by Crippen LogP contribution is -2.55. The van der Waals surface area contributed by atoms with Crippen LogP contribution in [-0.4, -0.2) is 68.1 Å². The predicted molar refractivity (Wildman–Crippen MR) is 92.2 cm³/mol. The quantitative estimate of drug-likeness (QED) is 0.873. The van der Waals surface area contributed by atoms with Gasteiger partial charge in [-0.2, -0.15) is 0 Å². The smallest absolute Gasteiger partial charge is 0.273 e. The maximum atomic E-state index is 12.4. The Morgan fingerprint density at radius 1 is 1.36 bits per heavy atom. The molecule has 2 aromatic heterocycles. The first-order valence-corrected chi connectivity index (χ1v) is 8.24. The molecule has 1 atom stereocenters. The highest BCUT2D eigenvalue weighted by molar-refractivity contribution is 5.91. The molecule has 1 amide bonds. The predicted octanol–water partition coefficient (Wildman–Crippen LogP) is 0.679. The van der Waals surface area contributed by atoms with E-state index in [4.69, 9.17) is 0 Å². The van der Waals surface area contributed by atoms with Gasteiger partial charge in [-0.1, -0.05) is 0 Å². The van der Waals surface area contributed by atoms with Gasteiger partial charge in [0.05, 0.1) is 18.3 Å². The maximum absolute atomic E-state index is 12.4. The average Bonchev–Trinajstić information content (AvgIpc) is 2.61. The minimum atomic E-state index is -0.996. The van der Waals surface area contributed by atoms with Crippen molar-refractivity contribution < 1.29 is 9.90 Å². The van der Waals surface area contributed by atoms with Gasteiger partial charge in [0.2, 0.25) is 0 Å². The first kappa shape index (κ1) is 17.2. The Morgan fingerprint density at radius 3 is 2.92 bits per heavy atom. The number of hydrogen-bond acceptors (Lipinski definition) is 7. The summed E-state index contributed by atoms with van der Waals surface area (Å²) in [7, 11) is 1.67. The number of anilines is 1. The van der Waals surface area contributed by atoms with Crippen molar-refractivity contribution in [3.8, 4) is 0 Å². The molecule has 1 aliphatic heterocycles. The first-order valence-electron chi connectivity index (χ1n) is 8.24. The molecule has 1 saturated heterocycles. The fourth-order valence-corrected chi connectivity index (χ4v) is 3.17. The molecule has 25 heavy (non-hydrogen) atoms. The van der Waals surface area contributed by atoms with Crippen LogP contribution in [0.15, 0.2) is 31.0 Å². The zero-order valence-electron chi connectivity index (χ0n) is 14.5. The highest BCUT2D eigenvalue weighted by Crippen LogP contribution is 2.26. The van der Waals surface area contributed by atoms with Crippen LogP contribution in [0.25, 0.3) is 0 Å². The Hall–Kier alpha value is -2.61. The summed E-state index contributed by atoms with van der Waals surface area (Å²) >= 11 is 0. The zero-order valence-corrected chi connectivity index (χ0v) is 14.5. The van der Waals surface area contributed by atoms with Crippen molar-refractivity contribution in [3.05, 3.63) is 42.4 Å². The highest BCUT2D eigenvalue weighted by atomic mass is 16.3. The molecule has 1 N–H and O–H groups in total. The lowest BCUT2D eigenvalue weighted by Gasteiger charge is -2.41. The number of β-amino-alcohol motifs (C(OH)–C–C–N with tert-alkyl or cyclic N) is 1. The largest absolute Gasteiger partial charge is 0.386 e. The molecule has 1 aliphatic rings. The Morgan fingerprint density at radius 2 is 2.20 bits per heavy atom. The Bertz CT molecular complexity index is 741. The van der Waals surface area contributed by atoms with Crippen molar-refractivity contribution in [2.75, 3.05) is 31.6 Å². The van der Waals surface area contributed by atoms with Crippen molar-refractivity contribution in [2.45, 2.75) is 25.4 Å². The van der Waals surface area contributed by atoms with E-state index in [9.17, 15) is 9.90 Å². The topological polar surface area (TPSA) is 95.3 Å². The molecule has 3 rings (SSSR count). The summed E-state index contributed by atoms with van der Waals surface area (Å²) in [5.41, 5.74) is 0.158. The molecule has 8 heteroatoms. The summed E-state index contributed by atoms with van der Waals surface area (Å²) in [6.45, 7) is 3.37. The second kappa shape index (κ2) is 7.10. The van der Waals surface area contributed by atoms with Gasteiger partial charge in [0.25, 0.3) is 5.91 Å². The summed E-state index contributed by atoms with van der Waals surface area (Å²) in [6, 6.07) is 1.90. The van der Waals surface area contributed by atoms with Crippen LogP contribution < -0.4 is 4.90 Å². The number of carbonyl (C=O) groups excluding carboxylic acids is 1. The molecule has 0 radical (unpaired) electrons. The number of aromatic nitrogens is 4. The number of amides is 1. The molecule has 0 bridgehead atoms. The molecule has 1 fully saturated rings. The number of carbonyl (C=O) groups is 1. The van der Waals surface area contributed by atoms with Crippen molar-refractivity contribution in [2.24, 2.45) is 0 Å². The number of rotatable bonds is 4. The number of hydrogen-bond donors (Lipinski definition) is 1. The van der Waals surface area contributed by atoms with Crippen LogP contribution in [0.4, 0.5) is 5.82 Å². The monoisotopic (exact) mass is 342 g/mol. The lowest BCUT2D eigenvalue weighted by atomic mass is 9.92. The van der Waals surface area contributed by atoms with Crippen molar-refractivity contribution in [1.29, 1.82) is 0 Å². The minimum absolute atomic E-state index is 0.225. The molecule has 8 nitrogen and oxygen atoms in total. The van der Waals surface area contributed by atoms with Crippen LogP contribution in [0.2, 0.25) is 0 Å². The van der Waals surface area contributed by atoms with E-state index in [1.165, 1.54) is 29.8 Å².